The maximum Gasteiger partial charge on any atom is 0.340 e. The second-order valence-electron chi connectivity index (χ2n) is 6.54. The number of carbonyl (C=O) groups is 3. The molecule has 27 heavy (non-hydrogen) atoms. The number of amides is 3. The van der Waals surface area contributed by atoms with Crippen molar-refractivity contribution in [2.45, 2.75) is 38.6 Å². The summed E-state index contributed by atoms with van der Waals surface area (Å²) in [5, 5.41) is 6.12. The van der Waals surface area contributed by atoms with Crippen LogP contribution < -0.4 is 10.6 Å². The van der Waals surface area contributed by atoms with E-state index < -0.39 is 24.5 Å². The van der Waals surface area contributed by atoms with Gasteiger partial charge >= 0.3 is 12.0 Å². The Morgan fingerprint density at radius 2 is 1.96 bits per heavy atom. The van der Waals surface area contributed by atoms with Gasteiger partial charge in [0.25, 0.3) is 5.91 Å². The number of imide groups is 1. The lowest BCUT2D eigenvalue weighted by atomic mass is 10.1. The molecular weight excluding hydrogens is 370 g/mol. The second kappa shape index (κ2) is 8.35. The van der Waals surface area contributed by atoms with E-state index in [4.69, 9.17) is 16.3 Å². The highest BCUT2D eigenvalue weighted by atomic mass is 35.5. The van der Waals surface area contributed by atoms with Crippen LogP contribution in [0.4, 0.5) is 4.79 Å². The summed E-state index contributed by atoms with van der Waals surface area (Å²) in [5.74, 6) is -1.37. The summed E-state index contributed by atoms with van der Waals surface area (Å²) >= 11 is 5.97. The van der Waals surface area contributed by atoms with Crippen LogP contribution in [0.3, 0.4) is 0 Å². The van der Waals surface area contributed by atoms with Crippen molar-refractivity contribution >= 4 is 40.4 Å². The summed E-state index contributed by atoms with van der Waals surface area (Å²) < 4.78 is 5.02. The number of urea groups is 1. The lowest BCUT2D eigenvalue weighted by Gasteiger charge is -2.12. The maximum atomic E-state index is 12.3. The molecule has 7 nitrogen and oxygen atoms in total. The monoisotopic (exact) mass is 389 g/mol. The van der Waals surface area contributed by atoms with Crippen molar-refractivity contribution in [3.05, 3.63) is 40.5 Å². The van der Waals surface area contributed by atoms with Crippen molar-refractivity contribution in [2.24, 2.45) is 0 Å². The molecule has 0 atom stereocenters. The lowest BCUT2D eigenvalue weighted by Crippen LogP contribution is -2.45. The maximum absolute atomic E-state index is 12.3. The number of carbonyl (C=O) groups excluding carboxylic acids is 3. The molecule has 0 saturated heterocycles. The average molecular weight is 390 g/mol. The third kappa shape index (κ3) is 4.95. The number of esters is 1. The van der Waals surface area contributed by atoms with Crippen LogP contribution in [-0.2, 0) is 9.53 Å². The van der Waals surface area contributed by atoms with Crippen molar-refractivity contribution in [2.75, 3.05) is 6.61 Å². The predicted octanol–water partition coefficient (Wildman–Crippen LogP) is 3.12. The first kappa shape index (κ1) is 19.1. The van der Waals surface area contributed by atoms with Crippen LogP contribution in [0, 0.1) is 6.92 Å². The van der Waals surface area contributed by atoms with Crippen molar-refractivity contribution < 1.29 is 19.1 Å². The third-order valence-corrected chi connectivity index (χ3v) is 4.70. The van der Waals surface area contributed by atoms with E-state index in [0.717, 1.165) is 25.7 Å². The molecule has 3 rings (SSSR count). The van der Waals surface area contributed by atoms with Crippen LogP contribution in [0.25, 0.3) is 10.9 Å². The van der Waals surface area contributed by atoms with Gasteiger partial charge in [-0.25, -0.2) is 9.59 Å². The molecule has 0 unspecified atom stereocenters. The largest absolute Gasteiger partial charge is 0.452 e. The van der Waals surface area contributed by atoms with E-state index in [-0.39, 0.29) is 11.6 Å². The first-order chi connectivity index (χ1) is 12.9. The molecule has 1 saturated carbocycles. The van der Waals surface area contributed by atoms with E-state index in [1.807, 2.05) is 0 Å². The van der Waals surface area contributed by atoms with E-state index in [2.05, 4.69) is 15.6 Å². The number of halogens is 1. The van der Waals surface area contributed by atoms with Crippen molar-refractivity contribution in [1.82, 2.24) is 15.6 Å². The van der Waals surface area contributed by atoms with Crippen LogP contribution in [0.15, 0.2) is 24.3 Å². The summed E-state index contributed by atoms with van der Waals surface area (Å²) in [5.41, 5.74) is 1.43. The molecule has 1 heterocycles. The Balaban J connectivity index is 1.56. The van der Waals surface area contributed by atoms with E-state index in [1.54, 1.807) is 31.2 Å². The SMILES string of the molecule is Cc1nc2ccc(Cl)cc2cc1C(=O)OCC(=O)NC(=O)NC1CCCC1. The van der Waals surface area contributed by atoms with Crippen LogP contribution >= 0.6 is 11.6 Å². The Kier molecular flexibility index (Phi) is 5.91. The Morgan fingerprint density at radius 1 is 1.22 bits per heavy atom. The molecule has 0 radical (unpaired) electrons. The van der Waals surface area contributed by atoms with Gasteiger partial charge in [-0.3, -0.25) is 15.1 Å². The number of hydrogen-bond acceptors (Lipinski definition) is 5. The van der Waals surface area contributed by atoms with E-state index in [9.17, 15) is 14.4 Å². The molecule has 1 aliphatic rings. The molecule has 1 aromatic heterocycles. The highest BCUT2D eigenvalue weighted by molar-refractivity contribution is 6.31. The molecule has 142 valence electrons. The molecule has 1 aromatic carbocycles. The minimum atomic E-state index is -0.687. The lowest BCUT2D eigenvalue weighted by molar-refractivity contribution is -0.123. The van der Waals surface area contributed by atoms with E-state index in [0.29, 0.717) is 21.6 Å². The van der Waals surface area contributed by atoms with Gasteiger partial charge in [0.1, 0.15) is 0 Å². The number of ether oxygens (including phenoxy) is 1. The van der Waals surface area contributed by atoms with Gasteiger partial charge in [0, 0.05) is 16.5 Å². The summed E-state index contributed by atoms with van der Waals surface area (Å²) in [7, 11) is 0. The van der Waals surface area contributed by atoms with Gasteiger partial charge in [-0.05, 0) is 44.0 Å². The average Bonchev–Trinajstić information content (AvgIpc) is 3.12. The molecule has 1 aliphatic carbocycles. The Morgan fingerprint density at radius 3 is 2.70 bits per heavy atom. The van der Waals surface area contributed by atoms with Crippen molar-refractivity contribution in [3.63, 3.8) is 0 Å². The highest BCUT2D eigenvalue weighted by Gasteiger charge is 2.19. The summed E-state index contributed by atoms with van der Waals surface area (Å²) in [6, 6.07) is 6.32. The van der Waals surface area contributed by atoms with Gasteiger partial charge in [-0.1, -0.05) is 24.4 Å². The fourth-order valence-corrected chi connectivity index (χ4v) is 3.29. The second-order valence-corrected chi connectivity index (χ2v) is 6.97. The first-order valence-corrected chi connectivity index (χ1v) is 9.14. The van der Waals surface area contributed by atoms with Gasteiger partial charge in [-0.15, -0.1) is 0 Å². The van der Waals surface area contributed by atoms with Gasteiger partial charge in [0.15, 0.2) is 6.61 Å². The number of hydrogen-bond donors (Lipinski definition) is 2. The zero-order chi connectivity index (χ0) is 19.4. The number of fused-ring (bicyclic) bond motifs is 1. The number of nitrogens with zero attached hydrogens (tertiary/aromatic N) is 1. The van der Waals surface area contributed by atoms with Crippen molar-refractivity contribution in [1.29, 1.82) is 0 Å². The number of pyridine rings is 1. The van der Waals surface area contributed by atoms with E-state index >= 15 is 0 Å². The molecule has 8 heteroatoms. The smallest absolute Gasteiger partial charge is 0.340 e. The number of nitrogens with one attached hydrogen (secondary N) is 2. The minimum absolute atomic E-state index is 0.0958. The fraction of sp³-hybridized carbons (Fsp3) is 0.368. The van der Waals surface area contributed by atoms with Gasteiger partial charge in [-0.2, -0.15) is 0 Å². The van der Waals surface area contributed by atoms with Crippen LogP contribution in [0.5, 0.6) is 0 Å². The van der Waals surface area contributed by atoms with Crippen LogP contribution in [0.1, 0.15) is 41.7 Å². The standard InChI is InChI=1S/C19H20ClN3O4/c1-11-15(9-12-8-13(20)6-7-16(12)21-11)18(25)27-10-17(24)23-19(26)22-14-4-2-3-5-14/h6-9,14H,2-5,10H2,1H3,(H2,22,23,24,26). The van der Waals surface area contributed by atoms with Gasteiger partial charge < -0.3 is 10.1 Å². The molecule has 1 fully saturated rings. The highest BCUT2D eigenvalue weighted by Crippen LogP contribution is 2.21. The molecule has 2 N–H and O–H groups in total. The molecule has 0 aliphatic heterocycles. The number of aromatic nitrogens is 1. The molecular formula is C19H20ClN3O4. The predicted molar refractivity (Wildman–Crippen MR) is 101 cm³/mol. The fourth-order valence-electron chi connectivity index (χ4n) is 3.11. The number of rotatable bonds is 4. The zero-order valence-electron chi connectivity index (χ0n) is 14.9. The van der Waals surface area contributed by atoms with Gasteiger partial charge in [0.05, 0.1) is 16.8 Å². The van der Waals surface area contributed by atoms with Gasteiger partial charge in [0.2, 0.25) is 0 Å². The summed E-state index contributed by atoms with van der Waals surface area (Å²) in [6.45, 7) is 1.13. The normalized spacial score (nSPS) is 14.1. The summed E-state index contributed by atoms with van der Waals surface area (Å²) in [6.07, 6.45) is 3.96. The molecule has 0 spiro atoms. The molecule has 0 bridgehead atoms. The number of benzene rings is 1. The topological polar surface area (TPSA) is 97.4 Å². The van der Waals surface area contributed by atoms with Crippen molar-refractivity contribution in [3.8, 4) is 0 Å². The Hall–Kier alpha value is -2.67. The Labute approximate surface area is 161 Å². The molecule has 2 aromatic rings. The number of aryl methyl sites for hydroxylation is 1. The minimum Gasteiger partial charge on any atom is -0.452 e. The quantitative estimate of drug-likeness (QED) is 0.783. The third-order valence-electron chi connectivity index (χ3n) is 4.46. The first-order valence-electron chi connectivity index (χ1n) is 8.77. The van der Waals surface area contributed by atoms with Crippen LogP contribution in [-0.4, -0.2) is 35.5 Å². The Bertz CT molecular complexity index is 894. The van der Waals surface area contributed by atoms with E-state index in [1.165, 1.54) is 0 Å². The van der Waals surface area contributed by atoms with Crippen LogP contribution in [0.2, 0.25) is 5.02 Å². The molecule has 3 amide bonds. The summed E-state index contributed by atoms with van der Waals surface area (Å²) in [4.78, 5) is 40.2. The zero-order valence-corrected chi connectivity index (χ0v) is 15.6.